The number of hydrogen-bond donors (Lipinski definition) is 1. The van der Waals surface area contributed by atoms with Crippen LogP contribution in [0.5, 0.6) is 0 Å². The first kappa shape index (κ1) is 16.0. The molecule has 0 saturated carbocycles. The summed E-state index contributed by atoms with van der Waals surface area (Å²) in [5, 5.41) is 3.79. The average Bonchev–Trinajstić information content (AvgIpc) is 2.47. The standard InChI is InChI=1S/C17H27BrN2/c1-4-20-11-9-15(10-12-20)13(2)19-14(3)16-7-5-6-8-17(16)18/h5-8,13-15,19H,4,9-12H2,1-3H3. The fourth-order valence-corrected chi connectivity index (χ4v) is 3.84. The van der Waals surface area contributed by atoms with Crippen molar-refractivity contribution in [2.24, 2.45) is 5.92 Å². The van der Waals surface area contributed by atoms with E-state index >= 15 is 0 Å². The van der Waals surface area contributed by atoms with Crippen LogP contribution < -0.4 is 5.32 Å². The van der Waals surface area contributed by atoms with Gasteiger partial charge in [-0.3, -0.25) is 0 Å². The highest BCUT2D eigenvalue weighted by Gasteiger charge is 2.24. The van der Waals surface area contributed by atoms with Gasteiger partial charge in [0.25, 0.3) is 0 Å². The van der Waals surface area contributed by atoms with Crippen molar-refractivity contribution in [3.8, 4) is 0 Å². The SMILES string of the molecule is CCN1CCC(C(C)NC(C)c2ccccc2Br)CC1. The lowest BCUT2D eigenvalue weighted by atomic mass is 9.89. The quantitative estimate of drug-likeness (QED) is 0.864. The van der Waals surface area contributed by atoms with E-state index in [0.29, 0.717) is 12.1 Å². The largest absolute Gasteiger partial charge is 0.307 e. The van der Waals surface area contributed by atoms with E-state index in [1.165, 1.54) is 42.5 Å². The van der Waals surface area contributed by atoms with Crippen molar-refractivity contribution in [2.45, 2.75) is 45.7 Å². The molecule has 2 nitrogen and oxygen atoms in total. The van der Waals surface area contributed by atoms with Crippen molar-refractivity contribution in [1.82, 2.24) is 10.2 Å². The van der Waals surface area contributed by atoms with Crippen LogP contribution in [0.1, 0.15) is 45.2 Å². The Balaban J connectivity index is 1.88. The zero-order valence-corrected chi connectivity index (χ0v) is 14.5. The highest BCUT2D eigenvalue weighted by Crippen LogP contribution is 2.26. The minimum Gasteiger partial charge on any atom is -0.307 e. The molecule has 0 spiro atoms. The molecular weight excluding hydrogens is 312 g/mol. The maximum atomic E-state index is 3.79. The number of rotatable bonds is 5. The van der Waals surface area contributed by atoms with Crippen LogP contribution in [0.15, 0.2) is 28.7 Å². The first-order valence-corrected chi connectivity index (χ1v) is 8.64. The molecule has 0 aromatic heterocycles. The molecule has 1 heterocycles. The zero-order chi connectivity index (χ0) is 14.5. The maximum absolute atomic E-state index is 3.79. The minimum absolute atomic E-state index is 0.393. The smallest absolute Gasteiger partial charge is 0.0305 e. The summed E-state index contributed by atoms with van der Waals surface area (Å²) in [6, 6.07) is 9.49. The fourth-order valence-electron chi connectivity index (χ4n) is 3.22. The van der Waals surface area contributed by atoms with E-state index in [0.717, 1.165) is 5.92 Å². The van der Waals surface area contributed by atoms with Gasteiger partial charge in [-0.25, -0.2) is 0 Å². The first-order chi connectivity index (χ1) is 9.61. The van der Waals surface area contributed by atoms with Gasteiger partial charge in [0.2, 0.25) is 0 Å². The first-order valence-electron chi connectivity index (χ1n) is 7.84. The molecule has 1 aliphatic rings. The van der Waals surface area contributed by atoms with Crippen molar-refractivity contribution in [3.63, 3.8) is 0 Å². The average molecular weight is 339 g/mol. The number of piperidine rings is 1. The van der Waals surface area contributed by atoms with Gasteiger partial charge in [0.15, 0.2) is 0 Å². The van der Waals surface area contributed by atoms with Crippen LogP contribution in [0.4, 0.5) is 0 Å². The van der Waals surface area contributed by atoms with Gasteiger partial charge in [-0.2, -0.15) is 0 Å². The predicted octanol–water partition coefficient (Wildman–Crippen LogP) is 4.22. The van der Waals surface area contributed by atoms with E-state index in [1.807, 2.05) is 0 Å². The minimum atomic E-state index is 0.393. The molecule has 1 fully saturated rings. The molecule has 0 bridgehead atoms. The number of benzene rings is 1. The van der Waals surface area contributed by atoms with E-state index in [9.17, 15) is 0 Å². The molecule has 1 saturated heterocycles. The molecule has 3 heteroatoms. The molecule has 2 rings (SSSR count). The summed E-state index contributed by atoms with van der Waals surface area (Å²) < 4.78 is 1.20. The Bertz CT molecular complexity index is 413. The lowest BCUT2D eigenvalue weighted by molar-refractivity contribution is 0.165. The molecular formula is C17H27BrN2. The van der Waals surface area contributed by atoms with E-state index in [2.05, 4.69) is 71.2 Å². The van der Waals surface area contributed by atoms with Gasteiger partial charge in [0, 0.05) is 16.6 Å². The molecule has 20 heavy (non-hydrogen) atoms. The van der Waals surface area contributed by atoms with Crippen molar-refractivity contribution in [3.05, 3.63) is 34.3 Å². The van der Waals surface area contributed by atoms with Crippen molar-refractivity contribution in [2.75, 3.05) is 19.6 Å². The molecule has 0 aliphatic carbocycles. The Labute approximate surface area is 132 Å². The molecule has 1 aliphatic heterocycles. The van der Waals surface area contributed by atoms with Crippen LogP contribution in [-0.4, -0.2) is 30.6 Å². The fraction of sp³-hybridized carbons (Fsp3) is 0.647. The number of likely N-dealkylation sites (tertiary alicyclic amines) is 1. The summed E-state index contributed by atoms with van der Waals surface area (Å²) in [4.78, 5) is 2.56. The van der Waals surface area contributed by atoms with Gasteiger partial charge < -0.3 is 10.2 Å². The van der Waals surface area contributed by atoms with Gasteiger partial charge in [0.05, 0.1) is 0 Å². The third kappa shape index (κ3) is 4.06. The Morgan fingerprint density at radius 2 is 1.90 bits per heavy atom. The summed E-state index contributed by atoms with van der Waals surface area (Å²) in [5.41, 5.74) is 1.35. The Morgan fingerprint density at radius 3 is 2.50 bits per heavy atom. The number of hydrogen-bond acceptors (Lipinski definition) is 2. The molecule has 1 N–H and O–H groups in total. The van der Waals surface area contributed by atoms with Crippen LogP contribution in [-0.2, 0) is 0 Å². The number of halogens is 1. The Kier molecular flexibility index (Phi) is 6.06. The lowest BCUT2D eigenvalue weighted by Crippen LogP contribution is -2.42. The third-order valence-corrected chi connectivity index (χ3v) is 5.39. The second-order valence-corrected chi connectivity index (χ2v) is 6.82. The van der Waals surface area contributed by atoms with Crippen LogP contribution in [0, 0.1) is 5.92 Å². The van der Waals surface area contributed by atoms with E-state index in [-0.39, 0.29) is 0 Å². The van der Waals surface area contributed by atoms with Gasteiger partial charge in [0.1, 0.15) is 0 Å². The van der Waals surface area contributed by atoms with Gasteiger partial charge >= 0.3 is 0 Å². The predicted molar refractivity (Wildman–Crippen MR) is 90.0 cm³/mol. The summed E-state index contributed by atoms with van der Waals surface area (Å²) in [5.74, 6) is 0.808. The van der Waals surface area contributed by atoms with Gasteiger partial charge in [-0.1, -0.05) is 41.1 Å². The van der Waals surface area contributed by atoms with E-state index in [1.54, 1.807) is 0 Å². The Hall–Kier alpha value is -0.380. The molecule has 2 unspecified atom stereocenters. The number of nitrogens with one attached hydrogen (secondary N) is 1. The molecule has 1 aromatic rings. The summed E-state index contributed by atoms with van der Waals surface area (Å²) >= 11 is 3.65. The second-order valence-electron chi connectivity index (χ2n) is 5.97. The molecule has 0 amide bonds. The van der Waals surface area contributed by atoms with Crippen LogP contribution in [0.2, 0.25) is 0 Å². The molecule has 112 valence electrons. The number of nitrogens with zero attached hydrogens (tertiary/aromatic N) is 1. The molecule has 1 aromatic carbocycles. The van der Waals surface area contributed by atoms with Crippen molar-refractivity contribution >= 4 is 15.9 Å². The zero-order valence-electron chi connectivity index (χ0n) is 12.9. The third-order valence-electron chi connectivity index (χ3n) is 4.67. The summed E-state index contributed by atoms with van der Waals surface area (Å²) in [6.45, 7) is 10.6. The summed E-state index contributed by atoms with van der Waals surface area (Å²) in [6.07, 6.45) is 2.65. The van der Waals surface area contributed by atoms with Crippen molar-refractivity contribution in [1.29, 1.82) is 0 Å². The normalized spacial score (nSPS) is 20.8. The van der Waals surface area contributed by atoms with Crippen LogP contribution >= 0.6 is 15.9 Å². The molecule has 0 radical (unpaired) electrons. The van der Waals surface area contributed by atoms with Gasteiger partial charge in [-0.05, 0) is 63.9 Å². The van der Waals surface area contributed by atoms with E-state index in [4.69, 9.17) is 0 Å². The lowest BCUT2D eigenvalue weighted by Gasteiger charge is -2.35. The van der Waals surface area contributed by atoms with Crippen LogP contribution in [0.3, 0.4) is 0 Å². The van der Waals surface area contributed by atoms with Gasteiger partial charge in [-0.15, -0.1) is 0 Å². The highest BCUT2D eigenvalue weighted by atomic mass is 79.9. The highest BCUT2D eigenvalue weighted by molar-refractivity contribution is 9.10. The summed E-state index contributed by atoms with van der Waals surface area (Å²) in [7, 11) is 0. The Morgan fingerprint density at radius 1 is 1.25 bits per heavy atom. The van der Waals surface area contributed by atoms with Crippen LogP contribution in [0.25, 0.3) is 0 Å². The maximum Gasteiger partial charge on any atom is 0.0305 e. The monoisotopic (exact) mass is 338 g/mol. The topological polar surface area (TPSA) is 15.3 Å². The van der Waals surface area contributed by atoms with E-state index < -0.39 is 0 Å². The van der Waals surface area contributed by atoms with Crippen molar-refractivity contribution < 1.29 is 0 Å². The second kappa shape index (κ2) is 7.58. The molecule has 2 atom stereocenters.